The molecule has 11 nitrogen and oxygen atoms in total. The molecule has 1 aromatic rings. The van der Waals surface area contributed by atoms with E-state index in [-0.39, 0.29) is 12.8 Å². The summed E-state index contributed by atoms with van der Waals surface area (Å²) < 4.78 is 9.78. The first-order valence-electron chi connectivity index (χ1n) is 11.2. The van der Waals surface area contributed by atoms with Gasteiger partial charge in [-0.2, -0.15) is 0 Å². The molecule has 4 amide bonds. The van der Waals surface area contributed by atoms with Crippen LogP contribution in [0.25, 0.3) is 0 Å². The number of carbonyl (C=O) groups excluding carboxylic acids is 5. The van der Waals surface area contributed by atoms with Crippen LogP contribution >= 0.6 is 0 Å². The van der Waals surface area contributed by atoms with E-state index in [1.54, 1.807) is 45.9 Å². The van der Waals surface area contributed by atoms with E-state index in [1.165, 1.54) is 7.11 Å². The van der Waals surface area contributed by atoms with Gasteiger partial charge in [0.05, 0.1) is 7.11 Å². The van der Waals surface area contributed by atoms with Crippen LogP contribution in [-0.4, -0.2) is 60.0 Å². The summed E-state index contributed by atoms with van der Waals surface area (Å²) in [5.41, 5.74) is 6.36. The van der Waals surface area contributed by atoms with Crippen molar-refractivity contribution >= 4 is 29.8 Å². The number of carbonyl (C=O) groups is 5. The molecule has 0 aliphatic rings. The molecule has 0 heterocycles. The van der Waals surface area contributed by atoms with Crippen LogP contribution in [0, 0.1) is 26.3 Å². The van der Waals surface area contributed by atoms with Crippen LogP contribution in [0.3, 0.4) is 0 Å². The van der Waals surface area contributed by atoms with E-state index in [0.29, 0.717) is 11.1 Å². The third-order valence-corrected chi connectivity index (χ3v) is 4.91. The smallest absolute Gasteiger partial charge is 0.408 e. The molecule has 0 aliphatic carbocycles. The molecule has 0 saturated heterocycles. The van der Waals surface area contributed by atoms with Crippen LogP contribution < -0.4 is 16.4 Å². The summed E-state index contributed by atoms with van der Waals surface area (Å²) >= 11 is 0. The summed E-state index contributed by atoms with van der Waals surface area (Å²) in [5, 5.41) is 4.83. The van der Waals surface area contributed by atoms with E-state index in [2.05, 4.69) is 21.4 Å². The Balaban J connectivity index is 3.44. The van der Waals surface area contributed by atoms with E-state index in [4.69, 9.17) is 16.9 Å². The number of rotatable bonds is 10. The molecule has 1 rings (SSSR count). The Morgan fingerprint density at radius 2 is 1.81 bits per heavy atom. The zero-order valence-electron chi connectivity index (χ0n) is 21.5. The number of nitrogens with zero attached hydrogens (tertiary/aromatic N) is 1. The standard InChI is InChI=1S/C25H34N4O7/c1-8-29(23(33)18(11-12-19(26)30)28-24(34)36-25(4,5)6)21(22(32)27-14-20(31)35-7)17-10-9-15(2)13-16(17)3/h1,9-10,13,18,21H,11-12,14H2,2-7H3,(H2,26,30)(H,27,32)(H,28,34). The number of hydrogen-bond donors (Lipinski definition) is 3. The molecular weight excluding hydrogens is 468 g/mol. The minimum absolute atomic E-state index is 0.186. The number of methoxy groups -OCH3 is 1. The van der Waals surface area contributed by atoms with Crippen molar-refractivity contribution in [2.45, 2.75) is 65.1 Å². The lowest BCUT2D eigenvalue weighted by Crippen LogP contribution is -2.52. The predicted octanol–water partition coefficient (Wildman–Crippen LogP) is 1.21. The van der Waals surface area contributed by atoms with Crippen LogP contribution in [0.1, 0.15) is 56.3 Å². The maximum atomic E-state index is 13.6. The average molecular weight is 503 g/mol. The highest BCUT2D eigenvalue weighted by Crippen LogP contribution is 2.26. The maximum absolute atomic E-state index is 13.6. The fourth-order valence-corrected chi connectivity index (χ4v) is 3.29. The molecule has 1 aromatic carbocycles. The fourth-order valence-electron chi connectivity index (χ4n) is 3.29. The van der Waals surface area contributed by atoms with Gasteiger partial charge < -0.3 is 25.8 Å². The van der Waals surface area contributed by atoms with Crippen LogP contribution in [0.4, 0.5) is 4.79 Å². The number of amides is 4. The number of primary amides is 1. The van der Waals surface area contributed by atoms with Gasteiger partial charge in [0.15, 0.2) is 0 Å². The minimum Gasteiger partial charge on any atom is -0.468 e. The van der Waals surface area contributed by atoms with Gasteiger partial charge in [0.2, 0.25) is 11.8 Å². The molecule has 0 radical (unpaired) electrons. The molecule has 2 unspecified atom stereocenters. The Labute approximate surface area is 211 Å². The molecule has 11 heteroatoms. The van der Waals surface area contributed by atoms with Gasteiger partial charge in [-0.15, -0.1) is 0 Å². The third-order valence-electron chi connectivity index (χ3n) is 4.91. The molecule has 0 aliphatic heterocycles. The second-order valence-electron chi connectivity index (χ2n) is 9.10. The number of ether oxygens (including phenoxy) is 2. The normalized spacial score (nSPS) is 12.4. The van der Waals surface area contributed by atoms with E-state index in [1.807, 2.05) is 6.92 Å². The summed E-state index contributed by atoms with van der Waals surface area (Å²) in [7, 11) is 1.17. The molecule has 4 N–H and O–H groups in total. The van der Waals surface area contributed by atoms with Crippen molar-refractivity contribution in [3.8, 4) is 12.5 Å². The Bertz CT molecular complexity index is 1040. The highest BCUT2D eigenvalue weighted by Gasteiger charge is 2.36. The molecule has 196 valence electrons. The molecule has 36 heavy (non-hydrogen) atoms. The molecule has 0 fully saturated rings. The molecule has 0 saturated carbocycles. The molecule has 0 spiro atoms. The van der Waals surface area contributed by atoms with Crippen molar-refractivity contribution in [1.82, 2.24) is 15.5 Å². The van der Waals surface area contributed by atoms with Crippen molar-refractivity contribution in [3.63, 3.8) is 0 Å². The number of nitrogens with two attached hydrogens (primary N) is 1. The predicted molar refractivity (Wildman–Crippen MR) is 131 cm³/mol. The van der Waals surface area contributed by atoms with Gasteiger partial charge in [-0.05, 0) is 52.2 Å². The lowest BCUT2D eigenvalue weighted by Gasteiger charge is -2.31. The van der Waals surface area contributed by atoms with Gasteiger partial charge in [0.1, 0.15) is 24.2 Å². The van der Waals surface area contributed by atoms with Gasteiger partial charge in [0, 0.05) is 12.5 Å². The Morgan fingerprint density at radius 1 is 1.17 bits per heavy atom. The van der Waals surface area contributed by atoms with Crippen LogP contribution in [0.5, 0.6) is 0 Å². The first kappa shape index (κ1) is 30.0. The van der Waals surface area contributed by atoms with Gasteiger partial charge in [0.25, 0.3) is 5.91 Å². The fraction of sp³-hybridized carbons (Fsp3) is 0.480. The van der Waals surface area contributed by atoms with Gasteiger partial charge in [-0.3, -0.25) is 24.1 Å². The van der Waals surface area contributed by atoms with Crippen LogP contribution in [0.2, 0.25) is 0 Å². The highest BCUT2D eigenvalue weighted by atomic mass is 16.6. The summed E-state index contributed by atoms with van der Waals surface area (Å²) in [6, 6.07) is 4.72. The zero-order chi connectivity index (χ0) is 27.6. The monoisotopic (exact) mass is 502 g/mol. The number of esters is 1. The van der Waals surface area contributed by atoms with Gasteiger partial charge >= 0.3 is 12.1 Å². The first-order valence-corrected chi connectivity index (χ1v) is 11.2. The number of hydrogen-bond acceptors (Lipinski definition) is 7. The Morgan fingerprint density at radius 3 is 2.31 bits per heavy atom. The van der Waals surface area contributed by atoms with E-state index in [9.17, 15) is 24.0 Å². The second kappa shape index (κ2) is 13.1. The van der Waals surface area contributed by atoms with Crippen molar-refractivity contribution in [2.75, 3.05) is 13.7 Å². The summed E-state index contributed by atoms with van der Waals surface area (Å²) in [6.45, 7) is 8.07. The van der Waals surface area contributed by atoms with Crippen LogP contribution in [0.15, 0.2) is 18.2 Å². The quantitative estimate of drug-likeness (QED) is 0.246. The Kier molecular flexibility index (Phi) is 10.9. The summed E-state index contributed by atoms with van der Waals surface area (Å²) in [4.78, 5) is 63.0. The SMILES string of the molecule is C#CN(C(=O)C(CCC(N)=O)NC(=O)OC(C)(C)C)C(C(=O)NCC(=O)OC)c1ccc(C)cc1C. The maximum Gasteiger partial charge on any atom is 0.408 e. The molecule has 2 atom stereocenters. The molecule has 0 aromatic heterocycles. The highest BCUT2D eigenvalue weighted by molar-refractivity contribution is 5.94. The van der Waals surface area contributed by atoms with Gasteiger partial charge in [-0.1, -0.05) is 30.2 Å². The number of alkyl carbamates (subject to hydrolysis) is 1. The molecule has 0 bridgehead atoms. The average Bonchev–Trinajstić information content (AvgIpc) is 2.77. The number of terminal acetylenes is 1. The Hall–Kier alpha value is -4.07. The summed E-state index contributed by atoms with van der Waals surface area (Å²) in [6.07, 6.45) is 4.34. The van der Waals surface area contributed by atoms with E-state index < -0.39 is 54.0 Å². The summed E-state index contributed by atoms with van der Waals surface area (Å²) in [5.74, 6) is -2.99. The molecular formula is C25H34N4O7. The lowest BCUT2D eigenvalue weighted by atomic mass is 9.96. The van der Waals surface area contributed by atoms with Crippen LogP contribution in [-0.2, 0) is 28.7 Å². The third kappa shape index (κ3) is 9.29. The minimum atomic E-state index is -1.36. The van der Waals surface area contributed by atoms with E-state index in [0.717, 1.165) is 10.5 Å². The zero-order valence-corrected chi connectivity index (χ0v) is 21.5. The van der Waals surface area contributed by atoms with Crippen molar-refractivity contribution < 1.29 is 33.4 Å². The van der Waals surface area contributed by atoms with Crippen molar-refractivity contribution in [2.24, 2.45) is 5.73 Å². The number of benzene rings is 1. The van der Waals surface area contributed by atoms with Gasteiger partial charge in [-0.25, -0.2) is 4.79 Å². The number of aryl methyl sites for hydroxylation is 2. The second-order valence-corrected chi connectivity index (χ2v) is 9.10. The topological polar surface area (TPSA) is 157 Å². The largest absolute Gasteiger partial charge is 0.468 e. The van der Waals surface area contributed by atoms with Crippen molar-refractivity contribution in [3.05, 3.63) is 34.9 Å². The number of nitrogens with one attached hydrogen (secondary N) is 2. The van der Waals surface area contributed by atoms with E-state index >= 15 is 0 Å². The lowest BCUT2D eigenvalue weighted by molar-refractivity contribution is -0.142. The first-order chi connectivity index (χ1) is 16.7. The van der Waals surface area contributed by atoms with Crippen molar-refractivity contribution in [1.29, 1.82) is 0 Å².